The van der Waals surface area contributed by atoms with Gasteiger partial charge in [0, 0.05) is 4.47 Å². The molecule has 21 heavy (non-hydrogen) atoms. The van der Waals surface area contributed by atoms with Crippen LogP contribution in [0.4, 0.5) is 0 Å². The van der Waals surface area contributed by atoms with Crippen molar-refractivity contribution in [1.29, 1.82) is 0 Å². The standard InChI is InChI=1S/C17H18BrNO2/c1-11-4-9-16(21-3)15(10-11)17(20)19-12(2)13-5-7-14(18)8-6-13/h4-10,12H,1-3H3,(H,19,20). The maximum atomic E-state index is 12.4. The van der Waals surface area contributed by atoms with Gasteiger partial charge in [0.2, 0.25) is 0 Å². The Morgan fingerprint density at radius 2 is 1.86 bits per heavy atom. The Balaban J connectivity index is 2.17. The number of nitrogens with one attached hydrogen (secondary N) is 1. The predicted octanol–water partition coefficient (Wildman–Crippen LogP) is 4.26. The molecule has 0 aliphatic carbocycles. The number of hydrogen-bond donors (Lipinski definition) is 1. The van der Waals surface area contributed by atoms with E-state index < -0.39 is 0 Å². The second-order valence-corrected chi connectivity index (χ2v) is 5.87. The zero-order valence-corrected chi connectivity index (χ0v) is 13.9. The van der Waals surface area contributed by atoms with Crippen LogP contribution < -0.4 is 10.1 Å². The number of ether oxygens (including phenoxy) is 1. The van der Waals surface area contributed by atoms with Crippen LogP contribution in [0.25, 0.3) is 0 Å². The van der Waals surface area contributed by atoms with Crippen molar-refractivity contribution in [3.8, 4) is 5.75 Å². The Hall–Kier alpha value is -1.81. The van der Waals surface area contributed by atoms with Gasteiger partial charge >= 0.3 is 0 Å². The average Bonchev–Trinajstić information content (AvgIpc) is 2.47. The summed E-state index contributed by atoms with van der Waals surface area (Å²) in [5.74, 6) is 0.451. The number of aryl methyl sites for hydroxylation is 1. The largest absolute Gasteiger partial charge is 0.496 e. The fourth-order valence-electron chi connectivity index (χ4n) is 2.11. The molecule has 2 aromatic rings. The van der Waals surface area contributed by atoms with Gasteiger partial charge in [0.05, 0.1) is 18.7 Å². The number of methoxy groups -OCH3 is 1. The summed E-state index contributed by atoms with van der Waals surface area (Å²) in [6, 6.07) is 13.4. The normalized spacial score (nSPS) is 11.8. The van der Waals surface area contributed by atoms with E-state index in [1.54, 1.807) is 7.11 Å². The molecule has 110 valence electrons. The van der Waals surface area contributed by atoms with Crippen molar-refractivity contribution in [2.24, 2.45) is 0 Å². The van der Waals surface area contributed by atoms with E-state index in [4.69, 9.17) is 4.74 Å². The minimum Gasteiger partial charge on any atom is -0.496 e. The molecule has 3 nitrogen and oxygen atoms in total. The number of hydrogen-bond acceptors (Lipinski definition) is 2. The van der Waals surface area contributed by atoms with E-state index in [0.29, 0.717) is 11.3 Å². The van der Waals surface area contributed by atoms with Crippen molar-refractivity contribution in [1.82, 2.24) is 5.32 Å². The highest BCUT2D eigenvalue weighted by molar-refractivity contribution is 9.10. The van der Waals surface area contributed by atoms with Crippen molar-refractivity contribution >= 4 is 21.8 Å². The van der Waals surface area contributed by atoms with Gasteiger partial charge in [-0.15, -0.1) is 0 Å². The number of amides is 1. The number of halogens is 1. The van der Waals surface area contributed by atoms with E-state index in [9.17, 15) is 4.79 Å². The van der Waals surface area contributed by atoms with Gasteiger partial charge in [0.15, 0.2) is 0 Å². The van der Waals surface area contributed by atoms with Crippen LogP contribution in [0.1, 0.15) is 34.5 Å². The molecule has 0 spiro atoms. The number of carbonyl (C=O) groups excluding carboxylic acids is 1. The van der Waals surface area contributed by atoms with Gasteiger partial charge in [-0.25, -0.2) is 0 Å². The van der Waals surface area contributed by atoms with Crippen LogP contribution in [0.3, 0.4) is 0 Å². The maximum Gasteiger partial charge on any atom is 0.255 e. The number of rotatable bonds is 4. The number of benzene rings is 2. The molecule has 0 aliphatic heterocycles. The van der Waals surface area contributed by atoms with Crippen molar-refractivity contribution in [3.05, 3.63) is 63.6 Å². The van der Waals surface area contributed by atoms with E-state index in [1.165, 1.54) is 0 Å². The zero-order valence-electron chi connectivity index (χ0n) is 12.3. The molecule has 0 fully saturated rings. The minimum absolute atomic E-state index is 0.0733. The van der Waals surface area contributed by atoms with E-state index in [0.717, 1.165) is 15.6 Å². The van der Waals surface area contributed by atoms with E-state index in [1.807, 2.05) is 56.3 Å². The Bertz CT molecular complexity index is 638. The van der Waals surface area contributed by atoms with Crippen molar-refractivity contribution < 1.29 is 9.53 Å². The first-order valence-electron chi connectivity index (χ1n) is 6.72. The summed E-state index contributed by atoms with van der Waals surface area (Å²) in [7, 11) is 1.57. The second kappa shape index (κ2) is 6.76. The molecule has 1 N–H and O–H groups in total. The van der Waals surface area contributed by atoms with Gasteiger partial charge in [0.1, 0.15) is 5.75 Å². The highest BCUT2D eigenvalue weighted by Gasteiger charge is 2.15. The van der Waals surface area contributed by atoms with Gasteiger partial charge in [0.25, 0.3) is 5.91 Å². The smallest absolute Gasteiger partial charge is 0.255 e. The summed E-state index contributed by atoms with van der Waals surface area (Å²) in [6.07, 6.45) is 0. The third-order valence-electron chi connectivity index (χ3n) is 3.32. The minimum atomic E-state index is -0.133. The lowest BCUT2D eigenvalue weighted by molar-refractivity contribution is 0.0936. The van der Waals surface area contributed by atoms with Crippen LogP contribution in [0, 0.1) is 6.92 Å². The van der Waals surface area contributed by atoms with Gasteiger partial charge in [-0.05, 0) is 43.7 Å². The number of carbonyl (C=O) groups is 1. The molecule has 0 aromatic heterocycles. The maximum absolute atomic E-state index is 12.4. The predicted molar refractivity (Wildman–Crippen MR) is 87.8 cm³/mol. The molecule has 0 heterocycles. The molecule has 0 saturated carbocycles. The van der Waals surface area contributed by atoms with E-state index >= 15 is 0 Å². The topological polar surface area (TPSA) is 38.3 Å². The highest BCUT2D eigenvalue weighted by atomic mass is 79.9. The monoisotopic (exact) mass is 347 g/mol. The fourth-order valence-corrected chi connectivity index (χ4v) is 2.37. The molecule has 0 saturated heterocycles. The SMILES string of the molecule is COc1ccc(C)cc1C(=O)NC(C)c1ccc(Br)cc1. The molecule has 2 rings (SSSR count). The molecule has 0 bridgehead atoms. The van der Waals surface area contributed by atoms with Crippen molar-refractivity contribution in [2.45, 2.75) is 19.9 Å². The fraction of sp³-hybridized carbons (Fsp3) is 0.235. The first-order valence-corrected chi connectivity index (χ1v) is 7.51. The van der Waals surface area contributed by atoms with E-state index in [2.05, 4.69) is 21.2 Å². The Kier molecular flexibility index (Phi) is 5.02. The Morgan fingerprint density at radius 1 is 1.19 bits per heavy atom. The zero-order chi connectivity index (χ0) is 15.4. The van der Waals surface area contributed by atoms with Crippen molar-refractivity contribution in [3.63, 3.8) is 0 Å². The molecule has 0 radical (unpaired) electrons. The first-order chi connectivity index (χ1) is 10.0. The van der Waals surface area contributed by atoms with E-state index in [-0.39, 0.29) is 11.9 Å². The third-order valence-corrected chi connectivity index (χ3v) is 3.85. The Morgan fingerprint density at radius 3 is 2.48 bits per heavy atom. The average molecular weight is 348 g/mol. The lowest BCUT2D eigenvalue weighted by Gasteiger charge is -2.16. The van der Waals surface area contributed by atoms with Gasteiger partial charge in [-0.3, -0.25) is 4.79 Å². The highest BCUT2D eigenvalue weighted by Crippen LogP contribution is 2.22. The summed E-state index contributed by atoms with van der Waals surface area (Å²) in [6.45, 7) is 3.91. The summed E-state index contributed by atoms with van der Waals surface area (Å²) in [4.78, 5) is 12.4. The van der Waals surface area contributed by atoms with Gasteiger partial charge in [-0.2, -0.15) is 0 Å². The molecule has 1 amide bonds. The van der Waals surface area contributed by atoms with Crippen LogP contribution in [-0.2, 0) is 0 Å². The lowest BCUT2D eigenvalue weighted by Crippen LogP contribution is -2.27. The lowest BCUT2D eigenvalue weighted by atomic mass is 10.1. The quantitative estimate of drug-likeness (QED) is 0.897. The molecular formula is C17H18BrNO2. The molecule has 1 unspecified atom stereocenters. The van der Waals surface area contributed by atoms with Gasteiger partial charge < -0.3 is 10.1 Å². The van der Waals surface area contributed by atoms with Crippen LogP contribution in [0.5, 0.6) is 5.75 Å². The van der Waals surface area contributed by atoms with Crippen molar-refractivity contribution in [2.75, 3.05) is 7.11 Å². The summed E-state index contributed by atoms with van der Waals surface area (Å²) >= 11 is 3.41. The third kappa shape index (κ3) is 3.85. The first kappa shape index (κ1) is 15.6. The molecule has 0 aliphatic rings. The van der Waals surface area contributed by atoms with Crippen LogP contribution in [0.2, 0.25) is 0 Å². The molecule has 2 aromatic carbocycles. The summed E-state index contributed by atoms with van der Waals surface area (Å²) in [5, 5.41) is 3.00. The molecule has 4 heteroatoms. The van der Waals surface area contributed by atoms with Crippen LogP contribution in [-0.4, -0.2) is 13.0 Å². The van der Waals surface area contributed by atoms with Crippen LogP contribution in [0.15, 0.2) is 46.9 Å². The Labute approximate surface area is 133 Å². The summed E-state index contributed by atoms with van der Waals surface area (Å²) in [5.41, 5.74) is 2.64. The second-order valence-electron chi connectivity index (χ2n) is 4.95. The summed E-state index contributed by atoms with van der Waals surface area (Å²) < 4.78 is 6.28. The molecular weight excluding hydrogens is 330 g/mol. The molecule has 1 atom stereocenters. The van der Waals surface area contributed by atoms with Crippen LogP contribution >= 0.6 is 15.9 Å². The van der Waals surface area contributed by atoms with Gasteiger partial charge in [-0.1, -0.05) is 39.7 Å².